The minimum Gasteiger partial charge on any atom is -0.481 e. The molecule has 1 heterocycles. The van der Waals surface area contributed by atoms with Crippen molar-refractivity contribution in [2.75, 3.05) is 0 Å². The molecule has 1 fully saturated rings. The molecule has 0 aromatic carbocycles. The molecule has 4 heteroatoms. The molecule has 0 atom stereocenters. The van der Waals surface area contributed by atoms with Crippen LogP contribution in [0.3, 0.4) is 0 Å². The Labute approximate surface area is 88.9 Å². The van der Waals surface area contributed by atoms with Gasteiger partial charge in [0, 0.05) is 12.2 Å². The first kappa shape index (κ1) is 10.2. The normalized spacial score (nSPS) is 15.9. The lowest BCUT2D eigenvalue weighted by Gasteiger charge is -2.02. The number of aromatic nitrogens is 2. The maximum Gasteiger partial charge on any atom is 0.309 e. The van der Waals surface area contributed by atoms with Crippen LogP contribution < -0.4 is 0 Å². The maximum atomic E-state index is 10.7. The first-order valence-corrected chi connectivity index (χ1v) is 5.37. The molecule has 0 radical (unpaired) electrons. The summed E-state index contributed by atoms with van der Waals surface area (Å²) in [4.78, 5) is 10.7. The van der Waals surface area contributed by atoms with Crippen molar-refractivity contribution < 1.29 is 9.90 Å². The van der Waals surface area contributed by atoms with E-state index in [1.165, 1.54) is 12.8 Å². The third kappa shape index (κ3) is 2.19. The molecule has 1 aliphatic carbocycles. The molecule has 0 unspecified atom stereocenters. The van der Waals surface area contributed by atoms with Crippen molar-refractivity contribution in [3.63, 3.8) is 0 Å². The fraction of sp³-hybridized carbons (Fsp3) is 0.636. The number of rotatable bonds is 4. The summed E-state index contributed by atoms with van der Waals surface area (Å²) in [5.41, 5.74) is 1.89. The molecular formula is C11H16N2O2. The number of hydrogen-bond donors (Lipinski definition) is 1. The molecule has 15 heavy (non-hydrogen) atoms. The van der Waals surface area contributed by atoms with Crippen LogP contribution in [-0.4, -0.2) is 20.9 Å². The third-order valence-corrected chi connectivity index (χ3v) is 2.71. The molecule has 0 saturated heterocycles. The Morgan fingerprint density at radius 3 is 2.80 bits per heavy atom. The van der Waals surface area contributed by atoms with Gasteiger partial charge in [0.1, 0.15) is 0 Å². The topological polar surface area (TPSA) is 55.1 Å². The number of carboxylic acid groups (broad SMARTS) is 1. The number of hydrogen-bond acceptors (Lipinski definition) is 2. The Kier molecular flexibility index (Phi) is 2.50. The van der Waals surface area contributed by atoms with E-state index in [9.17, 15) is 4.79 Å². The van der Waals surface area contributed by atoms with Gasteiger partial charge in [-0.25, -0.2) is 0 Å². The summed E-state index contributed by atoms with van der Waals surface area (Å²) in [5, 5.41) is 13.1. The van der Waals surface area contributed by atoms with Gasteiger partial charge >= 0.3 is 5.97 Å². The molecule has 4 nitrogen and oxygen atoms in total. The Morgan fingerprint density at radius 2 is 2.33 bits per heavy atom. The van der Waals surface area contributed by atoms with Crippen LogP contribution in [0, 0.1) is 0 Å². The summed E-state index contributed by atoms with van der Waals surface area (Å²) >= 11 is 0. The molecule has 0 amide bonds. The smallest absolute Gasteiger partial charge is 0.309 e. The Hall–Kier alpha value is -1.32. The second kappa shape index (κ2) is 3.68. The van der Waals surface area contributed by atoms with Crippen LogP contribution in [0.15, 0.2) is 6.20 Å². The van der Waals surface area contributed by atoms with E-state index in [4.69, 9.17) is 5.11 Å². The van der Waals surface area contributed by atoms with Crippen LogP contribution in [0.4, 0.5) is 0 Å². The van der Waals surface area contributed by atoms with Crippen LogP contribution in [0.25, 0.3) is 0 Å². The lowest BCUT2D eigenvalue weighted by atomic mass is 10.1. The van der Waals surface area contributed by atoms with E-state index in [0.29, 0.717) is 12.0 Å². The molecule has 1 saturated carbocycles. The van der Waals surface area contributed by atoms with Gasteiger partial charge in [-0.2, -0.15) is 5.10 Å². The lowest BCUT2D eigenvalue weighted by molar-refractivity contribution is -0.136. The van der Waals surface area contributed by atoms with Crippen molar-refractivity contribution in [1.82, 2.24) is 9.78 Å². The van der Waals surface area contributed by atoms with Crippen LogP contribution in [0.2, 0.25) is 0 Å². The molecule has 2 rings (SSSR count). The summed E-state index contributed by atoms with van der Waals surface area (Å²) in [5.74, 6) is -0.238. The number of carbonyl (C=O) groups is 1. The largest absolute Gasteiger partial charge is 0.481 e. The van der Waals surface area contributed by atoms with Gasteiger partial charge in [-0.05, 0) is 38.2 Å². The quantitative estimate of drug-likeness (QED) is 0.823. The minimum atomic E-state index is -0.800. The monoisotopic (exact) mass is 208 g/mol. The van der Waals surface area contributed by atoms with E-state index in [1.54, 1.807) is 0 Å². The van der Waals surface area contributed by atoms with Gasteiger partial charge < -0.3 is 5.11 Å². The first-order chi connectivity index (χ1) is 7.08. The summed E-state index contributed by atoms with van der Waals surface area (Å²) in [6.45, 7) is 4.10. The van der Waals surface area contributed by atoms with E-state index in [2.05, 4.69) is 5.10 Å². The Balaban J connectivity index is 2.28. The zero-order valence-electron chi connectivity index (χ0n) is 9.10. The molecule has 0 spiro atoms. The average molecular weight is 208 g/mol. The molecule has 82 valence electrons. The van der Waals surface area contributed by atoms with E-state index in [1.807, 2.05) is 24.7 Å². The summed E-state index contributed by atoms with van der Waals surface area (Å²) < 4.78 is 1.87. The van der Waals surface area contributed by atoms with Gasteiger partial charge in [0.15, 0.2) is 0 Å². The van der Waals surface area contributed by atoms with Gasteiger partial charge in [0.25, 0.3) is 0 Å². The zero-order valence-corrected chi connectivity index (χ0v) is 9.10. The van der Waals surface area contributed by atoms with Gasteiger partial charge in [-0.3, -0.25) is 9.48 Å². The highest BCUT2D eigenvalue weighted by atomic mass is 16.4. The summed E-state index contributed by atoms with van der Waals surface area (Å²) in [6.07, 6.45) is 4.42. The average Bonchev–Trinajstić information content (AvgIpc) is 2.88. The standard InChI is InChI=1S/C11H16N2O2/c1-7(2)13-6-9(8-3-4-8)10(12-13)5-11(14)15/h6-8H,3-5H2,1-2H3,(H,14,15). The van der Waals surface area contributed by atoms with Crippen molar-refractivity contribution >= 4 is 5.97 Å². The highest BCUT2D eigenvalue weighted by Crippen LogP contribution is 2.41. The SMILES string of the molecule is CC(C)n1cc(C2CC2)c(CC(=O)O)n1. The molecule has 1 aromatic rings. The van der Waals surface area contributed by atoms with Gasteiger partial charge in [0.2, 0.25) is 0 Å². The highest BCUT2D eigenvalue weighted by Gasteiger charge is 2.29. The Bertz CT molecular complexity index is 378. The first-order valence-electron chi connectivity index (χ1n) is 5.37. The number of carboxylic acids is 1. The molecular weight excluding hydrogens is 192 g/mol. The Morgan fingerprint density at radius 1 is 1.67 bits per heavy atom. The predicted octanol–water partition coefficient (Wildman–Crippen LogP) is 1.97. The van der Waals surface area contributed by atoms with E-state index >= 15 is 0 Å². The van der Waals surface area contributed by atoms with Crippen LogP contribution in [0.5, 0.6) is 0 Å². The zero-order chi connectivity index (χ0) is 11.0. The molecule has 1 N–H and O–H groups in total. The number of aliphatic carboxylic acids is 1. The van der Waals surface area contributed by atoms with Crippen LogP contribution >= 0.6 is 0 Å². The number of nitrogens with zero attached hydrogens (tertiary/aromatic N) is 2. The van der Waals surface area contributed by atoms with Gasteiger partial charge in [-0.15, -0.1) is 0 Å². The van der Waals surface area contributed by atoms with Gasteiger partial charge in [-0.1, -0.05) is 0 Å². The fourth-order valence-corrected chi connectivity index (χ4v) is 1.72. The fourth-order valence-electron chi connectivity index (χ4n) is 1.72. The van der Waals surface area contributed by atoms with Crippen LogP contribution in [0.1, 0.15) is 49.9 Å². The summed E-state index contributed by atoms with van der Waals surface area (Å²) in [6, 6.07) is 0.296. The maximum absolute atomic E-state index is 10.7. The molecule has 1 aliphatic rings. The van der Waals surface area contributed by atoms with Crippen molar-refractivity contribution in [2.45, 2.75) is 45.1 Å². The van der Waals surface area contributed by atoms with Crippen molar-refractivity contribution in [3.05, 3.63) is 17.5 Å². The second-order valence-corrected chi connectivity index (χ2v) is 4.45. The highest BCUT2D eigenvalue weighted by molar-refractivity contribution is 5.70. The van der Waals surface area contributed by atoms with E-state index in [-0.39, 0.29) is 6.42 Å². The van der Waals surface area contributed by atoms with Gasteiger partial charge in [0.05, 0.1) is 12.1 Å². The second-order valence-electron chi connectivity index (χ2n) is 4.45. The van der Waals surface area contributed by atoms with Crippen molar-refractivity contribution in [1.29, 1.82) is 0 Å². The van der Waals surface area contributed by atoms with Crippen molar-refractivity contribution in [2.24, 2.45) is 0 Å². The van der Waals surface area contributed by atoms with Crippen LogP contribution in [-0.2, 0) is 11.2 Å². The lowest BCUT2D eigenvalue weighted by Crippen LogP contribution is -2.05. The molecule has 1 aromatic heterocycles. The van der Waals surface area contributed by atoms with E-state index < -0.39 is 5.97 Å². The van der Waals surface area contributed by atoms with Crippen molar-refractivity contribution in [3.8, 4) is 0 Å². The minimum absolute atomic E-state index is 0.0472. The molecule has 0 bridgehead atoms. The third-order valence-electron chi connectivity index (χ3n) is 2.71. The van der Waals surface area contributed by atoms with E-state index in [0.717, 1.165) is 11.3 Å². The predicted molar refractivity (Wildman–Crippen MR) is 55.9 cm³/mol. The molecule has 0 aliphatic heterocycles. The summed E-state index contributed by atoms with van der Waals surface area (Å²) in [7, 11) is 0.